The van der Waals surface area contributed by atoms with E-state index in [0.717, 1.165) is 5.56 Å². The highest BCUT2D eigenvalue weighted by molar-refractivity contribution is 5.18. The lowest BCUT2D eigenvalue weighted by molar-refractivity contribution is 0.0692. The van der Waals surface area contributed by atoms with Crippen molar-refractivity contribution in [3.8, 4) is 0 Å². The number of alkyl halides is 2. The zero-order chi connectivity index (χ0) is 15.1. The first-order valence-electron chi connectivity index (χ1n) is 6.64. The number of halogens is 2. The molecule has 0 aliphatic carbocycles. The van der Waals surface area contributed by atoms with Gasteiger partial charge in [0.1, 0.15) is 0 Å². The van der Waals surface area contributed by atoms with Gasteiger partial charge >= 0.3 is 0 Å². The van der Waals surface area contributed by atoms with Gasteiger partial charge in [0.2, 0.25) is 5.89 Å². The third-order valence-electron chi connectivity index (χ3n) is 2.89. The molecule has 21 heavy (non-hydrogen) atoms. The average molecular weight is 297 g/mol. The summed E-state index contributed by atoms with van der Waals surface area (Å²) in [5.74, 6) is 0.784. The summed E-state index contributed by atoms with van der Waals surface area (Å²) in [7, 11) is 0. The summed E-state index contributed by atoms with van der Waals surface area (Å²) in [6, 6.07) is 9.65. The van der Waals surface area contributed by atoms with Crippen molar-refractivity contribution in [2.75, 3.05) is 19.7 Å². The minimum absolute atomic E-state index is 0.104. The lowest BCUT2D eigenvalue weighted by Crippen LogP contribution is -2.31. The number of aliphatic hydroxyl groups is 1. The summed E-state index contributed by atoms with van der Waals surface area (Å²) in [4.78, 5) is 5.57. The Morgan fingerprint density at radius 2 is 2.00 bits per heavy atom. The first kappa shape index (κ1) is 15.5. The molecule has 0 spiro atoms. The second kappa shape index (κ2) is 7.80. The molecule has 0 saturated heterocycles. The lowest BCUT2D eigenvalue weighted by Gasteiger charge is -2.18. The minimum atomic E-state index is -2.47. The number of benzene rings is 1. The van der Waals surface area contributed by atoms with Crippen molar-refractivity contribution in [3.63, 3.8) is 0 Å². The smallest absolute Gasteiger partial charge is 0.251 e. The highest BCUT2D eigenvalue weighted by atomic mass is 19.3. The van der Waals surface area contributed by atoms with Gasteiger partial charge in [0, 0.05) is 13.0 Å². The summed E-state index contributed by atoms with van der Waals surface area (Å²) >= 11 is 0. The molecule has 7 heteroatoms. The van der Waals surface area contributed by atoms with Crippen LogP contribution in [0.1, 0.15) is 17.3 Å². The standard InChI is InChI=1S/C14H17F2N3O2/c15-12(16)9-19(6-7-20)10-14-17-13(18-21-14)8-11-4-2-1-3-5-11/h1-5,12,20H,6-10H2. The van der Waals surface area contributed by atoms with Crippen molar-refractivity contribution in [2.24, 2.45) is 0 Å². The fraction of sp³-hybridized carbons (Fsp3) is 0.429. The van der Waals surface area contributed by atoms with E-state index in [9.17, 15) is 8.78 Å². The molecule has 0 atom stereocenters. The highest BCUT2D eigenvalue weighted by Crippen LogP contribution is 2.09. The van der Waals surface area contributed by atoms with Crippen molar-refractivity contribution >= 4 is 0 Å². The Morgan fingerprint density at radius 1 is 1.24 bits per heavy atom. The van der Waals surface area contributed by atoms with E-state index in [1.54, 1.807) is 0 Å². The maximum absolute atomic E-state index is 12.4. The lowest BCUT2D eigenvalue weighted by atomic mass is 10.1. The minimum Gasteiger partial charge on any atom is -0.395 e. The zero-order valence-electron chi connectivity index (χ0n) is 11.5. The molecule has 1 N–H and O–H groups in total. The van der Waals surface area contributed by atoms with E-state index in [4.69, 9.17) is 9.63 Å². The summed E-state index contributed by atoms with van der Waals surface area (Å²) < 4.78 is 29.9. The van der Waals surface area contributed by atoms with Gasteiger partial charge in [0.25, 0.3) is 6.43 Å². The Bertz CT molecular complexity index is 534. The number of aromatic nitrogens is 2. The predicted octanol–water partition coefficient (Wildman–Crippen LogP) is 1.72. The van der Waals surface area contributed by atoms with Gasteiger partial charge in [-0.1, -0.05) is 35.5 Å². The van der Waals surface area contributed by atoms with Crippen LogP contribution in [-0.2, 0) is 13.0 Å². The predicted molar refractivity (Wildman–Crippen MR) is 71.9 cm³/mol. The number of hydrogen-bond donors (Lipinski definition) is 1. The molecule has 0 amide bonds. The van der Waals surface area contributed by atoms with Crippen LogP contribution in [0.2, 0.25) is 0 Å². The molecule has 2 aromatic rings. The van der Waals surface area contributed by atoms with Gasteiger partial charge in [-0.2, -0.15) is 4.98 Å². The van der Waals surface area contributed by atoms with Crippen molar-refractivity contribution in [1.82, 2.24) is 15.0 Å². The molecular formula is C14H17F2N3O2. The van der Waals surface area contributed by atoms with Crippen LogP contribution in [-0.4, -0.2) is 46.3 Å². The topological polar surface area (TPSA) is 62.4 Å². The summed E-state index contributed by atoms with van der Waals surface area (Å²) in [5.41, 5.74) is 1.05. The number of nitrogens with zero attached hydrogens (tertiary/aromatic N) is 3. The normalized spacial score (nSPS) is 11.5. The average Bonchev–Trinajstić information content (AvgIpc) is 2.86. The van der Waals surface area contributed by atoms with Crippen LogP contribution in [0.25, 0.3) is 0 Å². The molecule has 1 aromatic heterocycles. The molecule has 0 bridgehead atoms. The molecular weight excluding hydrogens is 280 g/mol. The molecule has 1 heterocycles. The van der Waals surface area contributed by atoms with E-state index < -0.39 is 13.0 Å². The van der Waals surface area contributed by atoms with Gasteiger partial charge in [-0.25, -0.2) is 8.78 Å². The monoisotopic (exact) mass is 297 g/mol. The van der Waals surface area contributed by atoms with Gasteiger partial charge in [0.05, 0.1) is 19.7 Å². The summed E-state index contributed by atoms with van der Waals surface area (Å²) in [6.07, 6.45) is -1.94. The fourth-order valence-electron chi connectivity index (χ4n) is 1.97. The van der Waals surface area contributed by atoms with Crippen molar-refractivity contribution < 1.29 is 18.4 Å². The van der Waals surface area contributed by atoms with Gasteiger partial charge in [0.15, 0.2) is 5.82 Å². The first-order chi connectivity index (χ1) is 10.2. The molecule has 0 aliphatic heterocycles. The molecule has 1 aromatic carbocycles. The maximum atomic E-state index is 12.4. The molecule has 2 rings (SSSR count). The Labute approximate surface area is 121 Å². The van der Waals surface area contributed by atoms with E-state index in [0.29, 0.717) is 12.2 Å². The van der Waals surface area contributed by atoms with Crippen molar-refractivity contribution in [3.05, 3.63) is 47.6 Å². The van der Waals surface area contributed by atoms with Crippen LogP contribution in [0.5, 0.6) is 0 Å². The van der Waals surface area contributed by atoms with E-state index in [1.807, 2.05) is 30.3 Å². The Balaban J connectivity index is 1.95. The van der Waals surface area contributed by atoms with Gasteiger partial charge in [-0.15, -0.1) is 0 Å². The third kappa shape index (κ3) is 5.20. The zero-order valence-corrected chi connectivity index (χ0v) is 11.5. The number of rotatable bonds is 8. The van der Waals surface area contributed by atoms with Gasteiger partial charge in [-0.3, -0.25) is 4.90 Å². The molecule has 5 nitrogen and oxygen atoms in total. The van der Waals surface area contributed by atoms with Gasteiger partial charge in [-0.05, 0) is 5.56 Å². The molecule has 0 radical (unpaired) electrons. The van der Waals surface area contributed by atoms with E-state index in [2.05, 4.69) is 10.1 Å². The van der Waals surface area contributed by atoms with Crippen LogP contribution >= 0.6 is 0 Å². The molecule has 0 fully saturated rings. The summed E-state index contributed by atoms with van der Waals surface area (Å²) in [5, 5.41) is 12.7. The number of hydrogen-bond acceptors (Lipinski definition) is 5. The maximum Gasteiger partial charge on any atom is 0.251 e. The molecule has 0 unspecified atom stereocenters. The SMILES string of the molecule is OCCN(Cc1nc(Cc2ccccc2)no1)CC(F)F. The van der Waals surface area contributed by atoms with Crippen molar-refractivity contribution in [2.45, 2.75) is 19.4 Å². The van der Waals surface area contributed by atoms with Crippen molar-refractivity contribution in [1.29, 1.82) is 0 Å². The van der Waals surface area contributed by atoms with Crippen LogP contribution in [0.15, 0.2) is 34.9 Å². The fourth-order valence-corrected chi connectivity index (χ4v) is 1.97. The largest absolute Gasteiger partial charge is 0.395 e. The van der Waals surface area contributed by atoms with Crippen LogP contribution < -0.4 is 0 Å². The van der Waals surface area contributed by atoms with E-state index in [-0.39, 0.29) is 25.6 Å². The van der Waals surface area contributed by atoms with Crippen LogP contribution in [0.4, 0.5) is 8.78 Å². The Kier molecular flexibility index (Phi) is 5.77. The Hall–Kier alpha value is -1.86. The Morgan fingerprint density at radius 3 is 2.67 bits per heavy atom. The second-order valence-corrected chi connectivity index (χ2v) is 4.62. The van der Waals surface area contributed by atoms with E-state index >= 15 is 0 Å². The van der Waals surface area contributed by atoms with Crippen LogP contribution in [0, 0.1) is 0 Å². The van der Waals surface area contributed by atoms with Crippen LogP contribution in [0.3, 0.4) is 0 Å². The quantitative estimate of drug-likeness (QED) is 0.804. The highest BCUT2D eigenvalue weighted by Gasteiger charge is 2.16. The molecule has 114 valence electrons. The van der Waals surface area contributed by atoms with Gasteiger partial charge < -0.3 is 9.63 Å². The summed E-state index contributed by atoms with van der Waals surface area (Å²) in [6.45, 7) is -0.387. The molecule has 0 saturated carbocycles. The van der Waals surface area contributed by atoms with E-state index in [1.165, 1.54) is 4.90 Å². The first-order valence-corrected chi connectivity index (χ1v) is 6.64. The number of aliphatic hydroxyl groups excluding tert-OH is 1. The molecule has 0 aliphatic rings. The third-order valence-corrected chi connectivity index (χ3v) is 2.89. The second-order valence-electron chi connectivity index (χ2n) is 4.62.